The lowest BCUT2D eigenvalue weighted by atomic mass is 10.0. The first kappa shape index (κ1) is 23.0. The molecule has 5 rings (SSSR count). The summed E-state index contributed by atoms with van der Waals surface area (Å²) in [7, 11) is 0. The van der Waals surface area contributed by atoms with Crippen LogP contribution in [0, 0.1) is 0 Å². The molecule has 6 nitrogen and oxygen atoms in total. The van der Waals surface area contributed by atoms with E-state index in [0.717, 1.165) is 19.6 Å². The number of hydrogen-bond donors (Lipinski definition) is 0. The molecular weight excluding hydrogens is 436 g/mol. The number of aromatic nitrogens is 2. The van der Waals surface area contributed by atoms with Crippen LogP contribution in [0.15, 0.2) is 83.9 Å². The highest BCUT2D eigenvalue weighted by atomic mass is 16.2. The second-order valence-corrected chi connectivity index (χ2v) is 9.45. The van der Waals surface area contributed by atoms with Crippen molar-refractivity contribution in [3.05, 3.63) is 106 Å². The summed E-state index contributed by atoms with van der Waals surface area (Å²) in [4.78, 5) is 34.6. The fourth-order valence-corrected chi connectivity index (χ4v) is 4.58. The molecule has 2 heterocycles. The molecule has 0 unspecified atom stereocenters. The van der Waals surface area contributed by atoms with Gasteiger partial charge in [-0.15, -0.1) is 0 Å². The fourth-order valence-electron chi connectivity index (χ4n) is 4.58. The van der Waals surface area contributed by atoms with Gasteiger partial charge in [0.2, 0.25) is 0 Å². The predicted octanol–water partition coefficient (Wildman–Crippen LogP) is 4.47. The SMILES string of the molecule is CC(C)c1ccc(CN2CCN(C(=O)c3ccc(-n4cnc5ccccc5c4=O)cc3)CC2)cc1. The Morgan fingerprint density at radius 1 is 0.886 bits per heavy atom. The third-order valence-electron chi connectivity index (χ3n) is 6.77. The van der Waals surface area contributed by atoms with Crippen LogP contribution < -0.4 is 5.56 Å². The first-order chi connectivity index (χ1) is 17.0. The zero-order valence-corrected chi connectivity index (χ0v) is 20.2. The Bertz CT molecular complexity index is 1380. The maximum atomic E-state index is 13.1. The molecule has 1 amide bonds. The van der Waals surface area contributed by atoms with Gasteiger partial charge in [-0.25, -0.2) is 4.98 Å². The summed E-state index contributed by atoms with van der Waals surface area (Å²) in [6.07, 6.45) is 1.54. The van der Waals surface area contributed by atoms with Gasteiger partial charge in [0.25, 0.3) is 11.5 Å². The number of piperazine rings is 1. The molecule has 0 aliphatic carbocycles. The molecule has 0 N–H and O–H groups in total. The van der Waals surface area contributed by atoms with Gasteiger partial charge in [-0.05, 0) is 53.4 Å². The molecule has 3 aromatic carbocycles. The van der Waals surface area contributed by atoms with Gasteiger partial charge in [-0.1, -0.05) is 50.2 Å². The van der Waals surface area contributed by atoms with E-state index in [-0.39, 0.29) is 11.5 Å². The molecule has 178 valence electrons. The number of benzene rings is 3. The van der Waals surface area contributed by atoms with E-state index in [9.17, 15) is 9.59 Å². The molecule has 35 heavy (non-hydrogen) atoms. The van der Waals surface area contributed by atoms with Crippen molar-refractivity contribution in [2.45, 2.75) is 26.3 Å². The van der Waals surface area contributed by atoms with Crippen LogP contribution in [0.4, 0.5) is 0 Å². The minimum atomic E-state index is -0.121. The van der Waals surface area contributed by atoms with Gasteiger partial charge in [0.05, 0.1) is 16.6 Å². The topological polar surface area (TPSA) is 58.4 Å². The molecule has 1 aromatic heterocycles. The molecular formula is C29H30N4O2. The average Bonchev–Trinajstić information content (AvgIpc) is 2.90. The lowest BCUT2D eigenvalue weighted by molar-refractivity contribution is 0.0628. The van der Waals surface area contributed by atoms with Gasteiger partial charge in [-0.3, -0.25) is 19.1 Å². The second kappa shape index (κ2) is 9.84. The highest BCUT2D eigenvalue weighted by Crippen LogP contribution is 2.17. The molecule has 0 spiro atoms. The van der Waals surface area contributed by atoms with Crippen LogP contribution in [0.2, 0.25) is 0 Å². The van der Waals surface area contributed by atoms with Gasteiger partial charge in [0.1, 0.15) is 6.33 Å². The molecule has 0 radical (unpaired) electrons. The largest absolute Gasteiger partial charge is 0.336 e. The number of carbonyl (C=O) groups excluding carboxylic acids is 1. The van der Waals surface area contributed by atoms with E-state index in [1.807, 2.05) is 35.2 Å². The van der Waals surface area contributed by atoms with Crippen LogP contribution in [0.1, 0.15) is 41.3 Å². The lowest BCUT2D eigenvalue weighted by Crippen LogP contribution is -2.48. The quantitative estimate of drug-likeness (QED) is 0.436. The van der Waals surface area contributed by atoms with E-state index in [4.69, 9.17) is 0 Å². The van der Waals surface area contributed by atoms with Crippen molar-refractivity contribution in [2.24, 2.45) is 0 Å². The molecule has 4 aromatic rings. The molecule has 1 saturated heterocycles. The zero-order valence-electron chi connectivity index (χ0n) is 20.2. The number of carbonyl (C=O) groups is 1. The minimum absolute atomic E-state index is 0.0291. The highest BCUT2D eigenvalue weighted by molar-refractivity contribution is 5.94. The number of hydrogen-bond acceptors (Lipinski definition) is 4. The van der Waals surface area contributed by atoms with E-state index in [2.05, 4.69) is 48.0 Å². The Morgan fingerprint density at radius 3 is 2.26 bits per heavy atom. The van der Waals surface area contributed by atoms with Crippen molar-refractivity contribution in [3.63, 3.8) is 0 Å². The average molecular weight is 467 g/mol. The smallest absolute Gasteiger partial charge is 0.265 e. The molecule has 6 heteroatoms. The van der Waals surface area contributed by atoms with E-state index in [1.165, 1.54) is 22.0 Å². The Kier molecular flexibility index (Phi) is 6.47. The normalized spacial score (nSPS) is 14.5. The summed E-state index contributed by atoms with van der Waals surface area (Å²) in [6.45, 7) is 8.45. The van der Waals surface area contributed by atoms with Crippen LogP contribution in [-0.2, 0) is 6.54 Å². The van der Waals surface area contributed by atoms with Gasteiger partial charge in [0, 0.05) is 38.3 Å². The van der Waals surface area contributed by atoms with Crippen molar-refractivity contribution in [1.82, 2.24) is 19.4 Å². The van der Waals surface area contributed by atoms with Crippen LogP contribution in [0.5, 0.6) is 0 Å². The number of rotatable bonds is 5. The summed E-state index contributed by atoms with van der Waals surface area (Å²) in [5.74, 6) is 0.569. The number of nitrogens with zero attached hydrogens (tertiary/aromatic N) is 4. The summed E-state index contributed by atoms with van der Waals surface area (Å²) < 4.78 is 1.52. The maximum Gasteiger partial charge on any atom is 0.265 e. The van der Waals surface area contributed by atoms with Crippen molar-refractivity contribution in [3.8, 4) is 5.69 Å². The van der Waals surface area contributed by atoms with Crippen LogP contribution in [-0.4, -0.2) is 51.4 Å². The van der Waals surface area contributed by atoms with E-state index >= 15 is 0 Å². The number of amides is 1. The standard InChI is InChI=1S/C29H30N4O2/c1-21(2)23-9-7-22(8-10-23)19-31-15-17-32(18-16-31)28(34)24-11-13-25(14-12-24)33-20-30-27-6-4-3-5-26(27)29(33)35/h3-14,20-21H,15-19H2,1-2H3. The highest BCUT2D eigenvalue weighted by Gasteiger charge is 2.22. The van der Waals surface area contributed by atoms with Gasteiger partial charge in [0.15, 0.2) is 0 Å². The predicted molar refractivity (Wildman–Crippen MR) is 139 cm³/mol. The van der Waals surface area contributed by atoms with E-state index < -0.39 is 0 Å². The van der Waals surface area contributed by atoms with Crippen molar-refractivity contribution < 1.29 is 4.79 Å². The van der Waals surface area contributed by atoms with Gasteiger partial charge < -0.3 is 4.90 Å². The van der Waals surface area contributed by atoms with Crippen molar-refractivity contribution in [2.75, 3.05) is 26.2 Å². The van der Waals surface area contributed by atoms with Crippen LogP contribution in [0.25, 0.3) is 16.6 Å². The summed E-state index contributed by atoms with van der Waals surface area (Å²) in [5, 5.41) is 0.573. The summed E-state index contributed by atoms with van der Waals surface area (Å²) in [6, 6.07) is 23.4. The van der Waals surface area contributed by atoms with E-state index in [1.54, 1.807) is 18.2 Å². The summed E-state index contributed by atoms with van der Waals surface area (Å²) >= 11 is 0. The first-order valence-corrected chi connectivity index (χ1v) is 12.2. The Balaban J connectivity index is 1.21. The third-order valence-corrected chi connectivity index (χ3v) is 6.77. The molecule has 0 saturated carbocycles. The maximum absolute atomic E-state index is 13.1. The van der Waals surface area contributed by atoms with Gasteiger partial charge in [-0.2, -0.15) is 0 Å². The Hall–Kier alpha value is -3.77. The number of fused-ring (bicyclic) bond motifs is 1. The first-order valence-electron chi connectivity index (χ1n) is 12.2. The zero-order chi connectivity index (χ0) is 24.4. The van der Waals surface area contributed by atoms with Crippen molar-refractivity contribution in [1.29, 1.82) is 0 Å². The Labute approximate surface area is 205 Å². The molecule has 1 aliphatic heterocycles. The molecule has 0 atom stereocenters. The lowest BCUT2D eigenvalue weighted by Gasteiger charge is -2.34. The van der Waals surface area contributed by atoms with Crippen molar-refractivity contribution >= 4 is 16.8 Å². The second-order valence-electron chi connectivity index (χ2n) is 9.45. The monoisotopic (exact) mass is 466 g/mol. The molecule has 1 fully saturated rings. The minimum Gasteiger partial charge on any atom is -0.336 e. The fraction of sp³-hybridized carbons (Fsp3) is 0.276. The van der Waals surface area contributed by atoms with Crippen LogP contribution >= 0.6 is 0 Å². The van der Waals surface area contributed by atoms with Gasteiger partial charge >= 0.3 is 0 Å². The van der Waals surface area contributed by atoms with Crippen LogP contribution in [0.3, 0.4) is 0 Å². The third kappa shape index (κ3) is 4.88. The van der Waals surface area contributed by atoms with E-state index in [0.29, 0.717) is 41.2 Å². The number of para-hydroxylation sites is 1. The summed E-state index contributed by atoms with van der Waals surface area (Å²) in [5.41, 5.74) is 4.54. The molecule has 0 bridgehead atoms. The Morgan fingerprint density at radius 2 is 1.57 bits per heavy atom. The molecule has 1 aliphatic rings.